The van der Waals surface area contributed by atoms with Gasteiger partial charge in [0.05, 0.1) is 75.9 Å². The molecule has 2 aromatic carbocycles. The Morgan fingerprint density at radius 3 is 2.35 bits per heavy atom. The van der Waals surface area contributed by atoms with Crippen molar-refractivity contribution in [3.63, 3.8) is 0 Å². The van der Waals surface area contributed by atoms with Crippen molar-refractivity contribution in [2.45, 2.75) is 50.2 Å². The van der Waals surface area contributed by atoms with E-state index < -0.39 is 5.54 Å². The van der Waals surface area contributed by atoms with Gasteiger partial charge in [0.2, 0.25) is 11.8 Å². The van der Waals surface area contributed by atoms with E-state index in [1.165, 1.54) is 0 Å². The largest absolute Gasteiger partial charge is 0.492 e. The first kappa shape index (κ1) is 55.1. The van der Waals surface area contributed by atoms with Crippen LogP contribution in [0.1, 0.15) is 59.8 Å². The number of benzene rings is 2. The first-order chi connectivity index (χ1) is 36.5. The van der Waals surface area contributed by atoms with Gasteiger partial charge in [0.15, 0.2) is 11.4 Å². The van der Waals surface area contributed by atoms with Gasteiger partial charge >= 0.3 is 0 Å². The molecule has 2 saturated heterocycles. The van der Waals surface area contributed by atoms with E-state index >= 15 is 0 Å². The molecule has 5 N–H and O–H groups in total. The molecular formula is C54H72ClN13O7. The Morgan fingerprint density at radius 2 is 1.57 bits per heavy atom. The molecule has 2 aliphatic rings. The van der Waals surface area contributed by atoms with Crippen molar-refractivity contribution < 1.29 is 33.3 Å². The van der Waals surface area contributed by atoms with Crippen molar-refractivity contribution in [3.8, 4) is 5.75 Å². The number of halogens is 1. The summed E-state index contributed by atoms with van der Waals surface area (Å²) in [6.07, 6.45) is 7.42. The normalized spacial score (nSPS) is 15.5. The summed E-state index contributed by atoms with van der Waals surface area (Å²) in [5, 5.41) is 8.14. The number of piperazine rings is 1. The molecule has 2 aliphatic heterocycles. The van der Waals surface area contributed by atoms with Gasteiger partial charge in [-0.2, -0.15) is 0 Å². The topological polar surface area (TPSA) is 223 Å². The van der Waals surface area contributed by atoms with Gasteiger partial charge in [-0.3, -0.25) is 19.3 Å². The number of likely N-dealkylation sites (N-methyl/N-ethyl adjacent to an activating group) is 1. The molecule has 4 aromatic heterocycles. The summed E-state index contributed by atoms with van der Waals surface area (Å²) in [5.74, 6) is 1.52. The molecule has 75 heavy (non-hydrogen) atoms. The molecule has 1 atom stereocenters. The lowest BCUT2D eigenvalue weighted by atomic mass is 9.87. The van der Waals surface area contributed by atoms with Gasteiger partial charge in [0.25, 0.3) is 0 Å². The fourth-order valence-electron chi connectivity index (χ4n) is 9.27. The highest BCUT2D eigenvalue weighted by Gasteiger charge is 2.39. The number of para-hydroxylation sites is 1. The summed E-state index contributed by atoms with van der Waals surface area (Å²) < 4.78 is 25.0. The van der Waals surface area contributed by atoms with Crippen LogP contribution in [-0.4, -0.2) is 193 Å². The standard InChI is InChI=1S/C54H72ClN13O7/c1-64(2)29-32-75-48-6-4-3-5-41(48)37-68-39-61-46-12-11-45(62-52(46)68)47(69)14-19-57-21-31-73-34-36-74-35-33-72-30-16-49(70)66-27-25-65(26-28-66)22-15-44(40-7-9-42(55)10-8-40)63-53(71)54(56)17-23-67(24-18-54)51-43-13-20-58-50(43)59-38-60-51/h3-13,20,38-39,44,57H,14-19,21-37,56H2,1-2H3,(H,63,71)(H,58,59,60)/t44-/m0/s1. The Bertz CT molecular complexity index is 2760. The SMILES string of the molecule is CN(C)CCOc1ccccc1Cn1cnc2ccc(C(=O)CCNCCOCCOCCOCCC(=O)N3CCN(CC[C@H](NC(=O)C4(N)CCN(c5ncnc6[nH]ccc56)CC4)c4ccc(Cl)cc4)CC3)nc21. The zero-order chi connectivity index (χ0) is 52.4. The molecule has 2 fully saturated rings. The second kappa shape index (κ2) is 27.6. The summed E-state index contributed by atoms with van der Waals surface area (Å²) in [7, 11) is 4.03. The maximum Gasteiger partial charge on any atom is 0.240 e. The molecule has 20 nitrogen and oxygen atoms in total. The minimum absolute atomic E-state index is 0.0468. The van der Waals surface area contributed by atoms with Crippen LogP contribution >= 0.6 is 11.6 Å². The lowest BCUT2D eigenvalue weighted by Gasteiger charge is -2.39. The number of pyridine rings is 1. The number of nitrogens with zero attached hydrogens (tertiary/aromatic N) is 9. The maximum atomic E-state index is 13.9. The molecule has 6 heterocycles. The molecule has 6 aromatic rings. The summed E-state index contributed by atoms with van der Waals surface area (Å²) in [5.41, 5.74) is 10.4. The molecule has 0 aliphatic carbocycles. The van der Waals surface area contributed by atoms with Crippen molar-refractivity contribution in [1.29, 1.82) is 0 Å². The highest BCUT2D eigenvalue weighted by molar-refractivity contribution is 6.30. The van der Waals surface area contributed by atoms with Crippen molar-refractivity contribution in [1.82, 2.24) is 54.8 Å². The zero-order valence-electron chi connectivity index (χ0n) is 43.3. The maximum absolute atomic E-state index is 13.9. The number of aromatic amines is 1. The fourth-order valence-corrected chi connectivity index (χ4v) is 9.40. The lowest BCUT2D eigenvalue weighted by Crippen LogP contribution is -2.60. The van der Waals surface area contributed by atoms with Crippen LogP contribution in [0.2, 0.25) is 5.02 Å². The van der Waals surface area contributed by atoms with Crippen molar-refractivity contribution in [2.75, 3.05) is 131 Å². The second-order valence-electron chi connectivity index (χ2n) is 19.4. The Labute approximate surface area is 443 Å². The Morgan fingerprint density at radius 1 is 0.827 bits per heavy atom. The summed E-state index contributed by atoms with van der Waals surface area (Å²) >= 11 is 6.24. The number of hydrogen-bond acceptors (Lipinski definition) is 16. The molecule has 0 radical (unpaired) electrons. The number of imidazole rings is 1. The quantitative estimate of drug-likeness (QED) is 0.0379. The van der Waals surface area contributed by atoms with Crippen LogP contribution in [0.3, 0.4) is 0 Å². The number of Topliss-reactive ketones (excluding diaryl/α,β-unsaturated/α-hetero) is 1. The molecule has 8 rings (SSSR count). The average Bonchev–Trinajstić information content (AvgIpc) is 4.09. The molecule has 0 spiro atoms. The number of hydrogen-bond donors (Lipinski definition) is 4. The monoisotopic (exact) mass is 1050 g/mol. The van der Waals surface area contributed by atoms with Gasteiger partial charge in [-0.1, -0.05) is 41.9 Å². The number of rotatable bonds is 29. The smallest absolute Gasteiger partial charge is 0.240 e. The third-order valence-corrected chi connectivity index (χ3v) is 14.0. The van der Waals surface area contributed by atoms with Gasteiger partial charge in [0.1, 0.15) is 41.4 Å². The number of carbonyl (C=O) groups is 3. The number of carbonyl (C=O) groups excluding carboxylic acids is 3. The third kappa shape index (κ3) is 15.7. The van der Waals surface area contributed by atoms with E-state index in [1.807, 2.05) is 90.4 Å². The molecule has 2 amide bonds. The Hall–Kier alpha value is -6.10. The first-order valence-electron chi connectivity index (χ1n) is 26.1. The van der Waals surface area contributed by atoms with Crippen molar-refractivity contribution in [2.24, 2.45) is 5.73 Å². The number of aromatic nitrogens is 6. The first-order valence-corrected chi connectivity index (χ1v) is 26.4. The highest BCUT2D eigenvalue weighted by atomic mass is 35.5. The van der Waals surface area contributed by atoms with Gasteiger partial charge < -0.3 is 59.6 Å². The number of nitrogens with two attached hydrogens (primary N) is 1. The number of H-pyrrole nitrogens is 1. The number of ketones is 1. The molecule has 0 bridgehead atoms. The predicted octanol–water partition coefficient (Wildman–Crippen LogP) is 4.34. The van der Waals surface area contributed by atoms with E-state index in [1.54, 1.807) is 18.7 Å². The van der Waals surface area contributed by atoms with Crippen LogP contribution in [0.4, 0.5) is 5.82 Å². The number of nitrogens with one attached hydrogen (secondary N) is 3. The Kier molecular flexibility index (Phi) is 20.3. The van der Waals surface area contributed by atoms with Crippen molar-refractivity contribution in [3.05, 3.63) is 107 Å². The zero-order valence-corrected chi connectivity index (χ0v) is 44.0. The highest BCUT2D eigenvalue weighted by Crippen LogP contribution is 2.30. The van der Waals surface area contributed by atoms with Crippen LogP contribution in [0, 0.1) is 0 Å². The third-order valence-electron chi connectivity index (χ3n) is 13.8. The fraction of sp³-hybridized carbons (Fsp3) is 0.500. The van der Waals surface area contributed by atoms with E-state index in [0.29, 0.717) is 141 Å². The van der Waals surface area contributed by atoms with Crippen LogP contribution in [-0.2, 0) is 30.3 Å². The van der Waals surface area contributed by atoms with Crippen molar-refractivity contribution >= 4 is 57.2 Å². The van der Waals surface area contributed by atoms with E-state index in [0.717, 1.165) is 65.4 Å². The van der Waals surface area contributed by atoms with Gasteiger partial charge in [-0.25, -0.2) is 19.9 Å². The molecule has 0 unspecified atom stereocenters. The van der Waals surface area contributed by atoms with Crippen LogP contribution in [0.5, 0.6) is 5.75 Å². The summed E-state index contributed by atoms with van der Waals surface area (Å²) in [6, 6.07) is 20.8. The number of piperidine rings is 1. The number of anilines is 1. The summed E-state index contributed by atoms with van der Waals surface area (Å²) in [4.78, 5) is 69.6. The van der Waals surface area contributed by atoms with Crippen LogP contribution in [0.15, 0.2) is 85.6 Å². The van der Waals surface area contributed by atoms with Crippen LogP contribution < -0.4 is 26.0 Å². The number of ether oxygens (including phenoxy) is 4. The summed E-state index contributed by atoms with van der Waals surface area (Å²) in [6.45, 7) is 10.2. The minimum atomic E-state index is -1.02. The van der Waals surface area contributed by atoms with E-state index in [4.69, 9.17) is 41.3 Å². The van der Waals surface area contributed by atoms with Gasteiger partial charge in [0, 0.05) is 88.7 Å². The lowest BCUT2D eigenvalue weighted by molar-refractivity contribution is -0.134. The van der Waals surface area contributed by atoms with E-state index in [9.17, 15) is 14.4 Å². The second-order valence-corrected chi connectivity index (χ2v) is 19.8. The van der Waals surface area contributed by atoms with E-state index in [-0.39, 0.29) is 23.6 Å². The van der Waals surface area contributed by atoms with Gasteiger partial charge in [-0.05, 0) is 75.3 Å². The number of fused-ring (bicyclic) bond motifs is 2. The number of amides is 2. The molecular weight excluding hydrogens is 978 g/mol. The van der Waals surface area contributed by atoms with E-state index in [2.05, 4.69) is 45.3 Å². The average molecular weight is 1050 g/mol. The predicted molar refractivity (Wildman–Crippen MR) is 288 cm³/mol. The molecule has 21 heteroatoms. The van der Waals surface area contributed by atoms with Gasteiger partial charge in [-0.15, -0.1) is 0 Å². The minimum Gasteiger partial charge on any atom is -0.492 e. The Balaban J connectivity index is 0.645. The molecule has 402 valence electrons. The molecule has 0 saturated carbocycles. The van der Waals surface area contributed by atoms with Crippen LogP contribution in [0.25, 0.3) is 22.2 Å².